The van der Waals surface area contributed by atoms with E-state index in [1.54, 1.807) is 60.7 Å². The molecule has 1 N–H and O–H groups in total. The van der Waals surface area contributed by atoms with E-state index < -0.39 is 17.7 Å². The molecule has 1 aliphatic rings. The molecule has 1 unspecified atom stereocenters. The normalized spacial score (nSPS) is 17.1. The Labute approximate surface area is 198 Å². The average molecular weight is 453 g/mol. The van der Waals surface area contributed by atoms with Crippen molar-refractivity contribution in [3.05, 3.63) is 101 Å². The third-order valence-electron chi connectivity index (χ3n) is 5.59. The molecule has 3 aromatic carbocycles. The second-order valence-electron chi connectivity index (χ2n) is 8.43. The van der Waals surface area contributed by atoms with E-state index in [2.05, 4.69) is 6.07 Å². The molecule has 0 aliphatic carbocycles. The molecule has 1 aliphatic heterocycles. The van der Waals surface area contributed by atoms with E-state index in [0.717, 1.165) is 5.56 Å². The van der Waals surface area contributed by atoms with E-state index in [-0.39, 0.29) is 17.4 Å². The molecule has 170 valence electrons. The number of ketones is 1. The summed E-state index contributed by atoms with van der Waals surface area (Å²) >= 11 is 0. The highest BCUT2D eigenvalue weighted by molar-refractivity contribution is 6.51. The van der Waals surface area contributed by atoms with Gasteiger partial charge in [-0.15, -0.1) is 0 Å². The monoisotopic (exact) mass is 452 g/mol. The lowest BCUT2D eigenvalue weighted by atomic mass is 9.94. The minimum atomic E-state index is -0.870. The molecule has 1 fully saturated rings. The van der Waals surface area contributed by atoms with Crippen molar-refractivity contribution in [2.45, 2.75) is 32.9 Å². The molecule has 6 heteroatoms. The molecule has 0 spiro atoms. The number of nitrogens with zero attached hydrogens (tertiary/aromatic N) is 2. The van der Waals surface area contributed by atoms with E-state index in [9.17, 15) is 14.7 Å². The third kappa shape index (κ3) is 4.28. The van der Waals surface area contributed by atoms with Crippen LogP contribution in [-0.2, 0) is 9.59 Å². The van der Waals surface area contributed by atoms with Crippen molar-refractivity contribution in [3.63, 3.8) is 0 Å². The van der Waals surface area contributed by atoms with Gasteiger partial charge in [-0.2, -0.15) is 5.26 Å². The number of benzene rings is 3. The van der Waals surface area contributed by atoms with Crippen LogP contribution in [0.2, 0.25) is 0 Å². The first-order valence-corrected chi connectivity index (χ1v) is 10.9. The van der Waals surface area contributed by atoms with E-state index in [1.165, 1.54) is 4.90 Å². The minimum absolute atomic E-state index is 0.0000836. The van der Waals surface area contributed by atoms with Gasteiger partial charge in [0.25, 0.3) is 11.7 Å². The summed E-state index contributed by atoms with van der Waals surface area (Å²) in [6.07, 6.45) is -0.0623. The highest BCUT2D eigenvalue weighted by Gasteiger charge is 2.47. The summed E-state index contributed by atoms with van der Waals surface area (Å²) in [5.74, 6) is -1.18. The fraction of sp³-hybridized carbons (Fsp3) is 0.179. The Bertz CT molecular complexity index is 1320. The van der Waals surface area contributed by atoms with Crippen molar-refractivity contribution in [3.8, 4) is 11.8 Å². The van der Waals surface area contributed by atoms with E-state index >= 15 is 0 Å². The van der Waals surface area contributed by atoms with E-state index in [4.69, 9.17) is 10.00 Å². The van der Waals surface area contributed by atoms with Gasteiger partial charge in [-0.3, -0.25) is 14.5 Å². The molecule has 1 heterocycles. The topological polar surface area (TPSA) is 90.6 Å². The van der Waals surface area contributed by atoms with Crippen LogP contribution < -0.4 is 9.64 Å². The molecule has 6 nitrogen and oxygen atoms in total. The molecule has 1 amide bonds. The molecule has 4 rings (SSSR count). The zero-order chi connectivity index (χ0) is 24.4. The Hall–Kier alpha value is -4.37. The van der Waals surface area contributed by atoms with E-state index in [1.807, 2.05) is 32.9 Å². The molecular weight excluding hydrogens is 428 g/mol. The Morgan fingerprint density at radius 3 is 2.32 bits per heavy atom. The van der Waals surface area contributed by atoms with Crippen LogP contribution in [0.15, 0.2) is 78.4 Å². The number of anilines is 1. The maximum Gasteiger partial charge on any atom is 0.300 e. The third-order valence-corrected chi connectivity index (χ3v) is 5.59. The van der Waals surface area contributed by atoms with Gasteiger partial charge in [-0.25, -0.2) is 0 Å². The van der Waals surface area contributed by atoms with Gasteiger partial charge in [0.15, 0.2) is 0 Å². The fourth-order valence-electron chi connectivity index (χ4n) is 4.01. The second kappa shape index (κ2) is 9.24. The average Bonchev–Trinajstić information content (AvgIpc) is 3.09. The molecular formula is C28H24N2O4. The van der Waals surface area contributed by atoms with E-state index in [0.29, 0.717) is 28.1 Å². The fourth-order valence-corrected chi connectivity index (χ4v) is 4.01. The molecule has 3 aromatic rings. The lowest BCUT2D eigenvalue weighted by molar-refractivity contribution is -0.132. The number of carbonyl (C=O) groups is 2. The van der Waals surface area contributed by atoms with Gasteiger partial charge in [-0.05, 0) is 62.7 Å². The summed E-state index contributed by atoms with van der Waals surface area (Å²) in [7, 11) is 0. The predicted molar refractivity (Wildman–Crippen MR) is 129 cm³/mol. The number of aliphatic hydroxyl groups excluding tert-OH is 1. The number of nitriles is 1. The van der Waals surface area contributed by atoms with Gasteiger partial charge in [-0.1, -0.05) is 42.0 Å². The number of aryl methyl sites for hydroxylation is 1. The Morgan fingerprint density at radius 1 is 1.03 bits per heavy atom. The van der Waals surface area contributed by atoms with Crippen molar-refractivity contribution in [2.24, 2.45) is 0 Å². The number of amides is 1. The molecule has 0 bridgehead atoms. The number of carbonyl (C=O) groups excluding carboxylic acids is 2. The van der Waals surface area contributed by atoms with Crippen LogP contribution >= 0.6 is 0 Å². The van der Waals surface area contributed by atoms with Crippen molar-refractivity contribution in [1.82, 2.24) is 0 Å². The first kappa shape index (κ1) is 22.8. The number of hydrogen-bond donors (Lipinski definition) is 1. The SMILES string of the molecule is Cc1ccc(/C(O)=C2/C(=O)C(=O)N(c3ccc(C#N)cc3)C2c2cccc(OC(C)C)c2)cc1. The van der Waals surface area contributed by atoms with Gasteiger partial charge < -0.3 is 9.84 Å². The van der Waals surface area contributed by atoms with Crippen molar-refractivity contribution < 1.29 is 19.4 Å². The standard InChI is InChI=1S/C28H24N2O4/c1-17(2)34-23-6-4-5-21(15-23)25-24(26(31)20-11-7-18(3)8-12-20)27(32)28(33)30(25)22-13-9-19(16-29)10-14-22/h4-15,17,25,31H,1-3H3/b26-24-. The molecule has 1 saturated heterocycles. The largest absolute Gasteiger partial charge is 0.507 e. The number of ether oxygens (including phenoxy) is 1. The maximum absolute atomic E-state index is 13.2. The van der Waals surface area contributed by atoms with Crippen LogP contribution in [0, 0.1) is 18.3 Å². The molecule has 0 radical (unpaired) electrons. The zero-order valence-electron chi connectivity index (χ0n) is 19.1. The highest BCUT2D eigenvalue weighted by Crippen LogP contribution is 2.42. The Kier molecular flexibility index (Phi) is 6.20. The first-order chi connectivity index (χ1) is 16.3. The van der Waals surface area contributed by atoms with Gasteiger partial charge in [0.05, 0.1) is 29.4 Å². The summed E-state index contributed by atoms with van der Waals surface area (Å²) in [4.78, 5) is 27.8. The van der Waals surface area contributed by atoms with Crippen molar-refractivity contribution >= 4 is 23.1 Å². The molecule has 0 saturated carbocycles. The lowest BCUT2D eigenvalue weighted by Gasteiger charge is -2.26. The Balaban J connectivity index is 1.92. The van der Waals surface area contributed by atoms with Crippen molar-refractivity contribution in [2.75, 3.05) is 4.90 Å². The van der Waals surface area contributed by atoms with Gasteiger partial charge in [0.2, 0.25) is 0 Å². The van der Waals surface area contributed by atoms with Crippen LogP contribution in [0.3, 0.4) is 0 Å². The Morgan fingerprint density at radius 2 is 1.71 bits per heavy atom. The quantitative estimate of drug-likeness (QED) is 0.323. The van der Waals surface area contributed by atoms with Crippen molar-refractivity contribution in [1.29, 1.82) is 5.26 Å². The lowest BCUT2D eigenvalue weighted by Crippen LogP contribution is -2.29. The van der Waals surface area contributed by atoms with Crippen LogP contribution in [0.4, 0.5) is 5.69 Å². The van der Waals surface area contributed by atoms with Crippen LogP contribution in [0.25, 0.3) is 5.76 Å². The summed E-state index contributed by atoms with van der Waals surface area (Å²) in [6.45, 7) is 5.74. The van der Waals surface area contributed by atoms with Crippen LogP contribution in [0.5, 0.6) is 5.75 Å². The summed E-state index contributed by atoms with van der Waals surface area (Å²) in [5.41, 5.74) is 2.95. The second-order valence-corrected chi connectivity index (χ2v) is 8.43. The summed E-state index contributed by atoms with van der Waals surface area (Å²) < 4.78 is 5.83. The van der Waals surface area contributed by atoms with Gasteiger partial charge in [0, 0.05) is 11.3 Å². The predicted octanol–water partition coefficient (Wildman–Crippen LogP) is 5.28. The number of Topliss-reactive ketones (excluding diaryl/α,β-unsaturated/α-hetero) is 1. The minimum Gasteiger partial charge on any atom is -0.507 e. The zero-order valence-corrected chi connectivity index (χ0v) is 19.1. The first-order valence-electron chi connectivity index (χ1n) is 10.9. The van der Waals surface area contributed by atoms with Crippen LogP contribution in [0.1, 0.15) is 42.1 Å². The maximum atomic E-state index is 13.2. The van der Waals surface area contributed by atoms with Gasteiger partial charge >= 0.3 is 0 Å². The van der Waals surface area contributed by atoms with Crippen LogP contribution in [-0.4, -0.2) is 22.9 Å². The smallest absolute Gasteiger partial charge is 0.300 e. The summed E-state index contributed by atoms with van der Waals surface area (Å²) in [5, 5.41) is 20.3. The number of hydrogen-bond acceptors (Lipinski definition) is 5. The molecule has 0 aromatic heterocycles. The molecule has 34 heavy (non-hydrogen) atoms. The number of rotatable bonds is 5. The summed E-state index contributed by atoms with van der Waals surface area (Å²) in [6, 6.07) is 21.9. The number of aliphatic hydroxyl groups is 1. The van der Waals surface area contributed by atoms with Gasteiger partial charge in [0.1, 0.15) is 11.5 Å². The molecule has 1 atom stereocenters. The highest BCUT2D eigenvalue weighted by atomic mass is 16.5.